The molecule has 1 aromatic rings. The lowest BCUT2D eigenvalue weighted by Gasteiger charge is -2.29. The van der Waals surface area contributed by atoms with Crippen LogP contribution in [0.15, 0.2) is 30.3 Å². The molecule has 8 heteroatoms. The minimum Gasteiger partial charge on any atom is -0.444 e. The van der Waals surface area contributed by atoms with E-state index in [1.54, 1.807) is 34.6 Å². The van der Waals surface area contributed by atoms with Gasteiger partial charge in [-0.15, -0.1) is 0 Å². The van der Waals surface area contributed by atoms with Crippen molar-refractivity contribution in [1.82, 2.24) is 16.0 Å². The second-order valence-electron chi connectivity index (χ2n) is 10.0. The van der Waals surface area contributed by atoms with Gasteiger partial charge in [-0.25, -0.2) is 4.79 Å². The van der Waals surface area contributed by atoms with E-state index in [0.29, 0.717) is 13.0 Å². The number of benzene rings is 1. The largest absolute Gasteiger partial charge is 0.444 e. The molecule has 4 atom stereocenters. The molecule has 0 fully saturated rings. The molecule has 186 valence electrons. The zero-order valence-electron chi connectivity index (χ0n) is 21.0. The Labute approximate surface area is 197 Å². The van der Waals surface area contributed by atoms with Gasteiger partial charge in [0, 0.05) is 12.5 Å². The lowest BCUT2D eigenvalue weighted by atomic mass is 9.92. The average Bonchev–Trinajstić information content (AvgIpc) is 2.70. The van der Waals surface area contributed by atoms with Gasteiger partial charge in [0.25, 0.3) is 0 Å². The van der Waals surface area contributed by atoms with Crippen molar-refractivity contribution in [2.45, 2.75) is 91.6 Å². The third-order valence-corrected chi connectivity index (χ3v) is 5.00. The topological polar surface area (TPSA) is 117 Å². The summed E-state index contributed by atoms with van der Waals surface area (Å²) >= 11 is 0. The Kier molecular flexibility index (Phi) is 11.4. The maximum atomic E-state index is 12.6. The highest BCUT2D eigenvalue weighted by Gasteiger charge is 2.29. The summed E-state index contributed by atoms with van der Waals surface area (Å²) < 4.78 is 5.30. The number of hydrogen-bond donors (Lipinski definition) is 4. The number of aliphatic hydroxyl groups is 1. The number of nitrogens with one attached hydrogen (secondary N) is 3. The minimum atomic E-state index is -0.942. The molecule has 0 saturated carbocycles. The molecule has 0 bridgehead atoms. The maximum absolute atomic E-state index is 12.6. The third kappa shape index (κ3) is 11.7. The predicted molar refractivity (Wildman–Crippen MR) is 128 cm³/mol. The van der Waals surface area contributed by atoms with E-state index in [9.17, 15) is 19.5 Å². The second-order valence-corrected chi connectivity index (χ2v) is 10.0. The van der Waals surface area contributed by atoms with Crippen molar-refractivity contribution in [3.8, 4) is 0 Å². The molecule has 0 radical (unpaired) electrons. The summed E-state index contributed by atoms with van der Waals surface area (Å²) in [7, 11) is 0. The van der Waals surface area contributed by atoms with Crippen LogP contribution in [-0.4, -0.2) is 46.8 Å². The Morgan fingerprint density at radius 1 is 0.939 bits per heavy atom. The molecule has 0 heterocycles. The first kappa shape index (κ1) is 28.4. The van der Waals surface area contributed by atoms with Gasteiger partial charge in [0.1, 0.15) is 11.6 Å². The van der Waals surface area contributed by atoms with Crippen LogP contribution in [0.3, 0.4) is 0 Å². The summed E-state index contributed by atoms with van der Waals surface area (Å²) in [4.78, 5) is 37.1. The van der Waals surface area contributed by atoms with Gasteiger partial charge in [-0.2, -0.15) is 0 Å². The molecule has 3 amide bonds. The standard InChI is InChI=1S/C25H41N3O5/c1-16(2)13-20(28-24(32)33-25(5,6)7)21(29)14-17(3)22(30)27-18(4)23(31)26-15-19-11-9-8-10-12-19/h8-12,16-18,20-21,29H,13-15H2,1-7H3,(H,26,31)(H,27,30)(H,28,32)/t17-,18+,20+,21+/m1/s1. The number of carbonyl (C=O) groups excluding carboxylic acids is 3. The van der Waals surface area contributed by atoms with Crippen molar-refractivity contribution in [2.24, 2.45) is 11.8 Å². The molecule has 1 rings (SSSR count). The van der Waals surface area contributed by atoms with Gasteiger partial charge in [0.2, 0.25) is 11.8 Å². The normalized spacial score (nSPS) is 15.2. The van der Waals surface area contributed by atoms with Gasteiger partial charge in [0.15, 0.2) is 0 Å². The molecule has 0 aliphatic carbocycles. The molecule has 8 nitrogen and oxygen atoms in total. The van der Waals surface area contributed by atoms with E-state index < -0.39 is 35.8 Å². The van der Waals surface area contributed by atoms with Gasteiger partial charge in [-0.05, 0) is 52.0 Å². The molecule has 0 spiro atoms. The number of ether oxygens (including phenoxy) is 1. The van der Waals surface area contributed by atoms with Crippen LogP contribution in [0.1, 0.15) is 66.9 Å². The zero-order chi connectivity index (χ0) is 25.2. The van der Waals surface area contributed by atoms with Crippen molar-refractivity contribution < 1.29 is 24.2 Å². The van der Waals surface area contributed by atoms with Crippen LogP contribution >= 0.6 is 0 Å². The van der Waals surface area contributed by atoms with E-state index in [0.717, 1.165) is 5.56 Å². The molecule has 4 N–H and O–H groups in total. The maximum Gasteiger partial charge on any atom is 0.407 e. The number of rotatable bonds is 11. The number of amides is 3. The molecule has 0 unspecified atom stereocenters. The Bertz CT molecular complexity index is 761. The Hall–Kier alpha value is -2.61. The average molecular weight is 464 g/mol. The fourth-order valence-corrected chi connectivity index (χ4v) is 3.27. The van der Waals surface area contributed by atoms with Gasteiger partial charge in [-0.3, -0.25) is 9.59 Å². The van der Waals surface area contributed by atoms with Gasteiger partial charge < -0.3 is 25.8 Å². The first-order valence-electron chi connectivity index (χ1n) is 11.6. The number of carbonyl (C=O) groups is 3. The van der Waals surface area contributed by atoms with Crippen LogP contribution in [-0.2, 0) is 20.9 Å². The van der Waals surface area contributed by atoms with E-state index in [4.69, 9.17) is 4.74 Å². The molecular formula is C25H41N3O5. The highest BCUT2D eigenvalue weighted by atomic mass is 16.6. The van der Waals surface area contributed by atoms with Crippen LogP contribution in [0, 0.1) is 11.8 Å². The smallest absolute Gasteiger partial charge is 0.407 e. The van der Waals surface area contributed by atoms with Crippen LogP contribution in [0.4, 0.5) is 4.79 Å². The summed E-state index contributed by atoms with van der Waals surface area (Å²) in [6.07, 6.45) is -0.874. The highest BCUT2D eigenvalue weighted by Crippen LogP contribution is 2.17. The minimum absolute atomic E-state index is 0.136. The summed E-state index contributed by atoms with van der Waals surface area (Å²) in [5.41, 5.74) is 0.316. The Morgan fingerprint density at radius 2 is 1.55 bits per heavy atom. The first-order chi connectivity index (χ1) is 15.3. The second kappa shape index (κ2) is 13.2. The predicted octanol–water partition coefficient (Wildman–Crippen LogP) is 3.13. The van der Waals surface area contributed by atoms with E-state index >= 15 is 0 Å². The number of alkyl carbamates (subject to hydrolysis) is 1. The quantitative estimate of drug-likeness (QED) is 0.402. The molecule has 33 heavy (non-hydrogen) atoms. The van der Waals surface area contributed by atoms with Gasteiger partial charge >= 0.3 is 6.09 Å². The van der Waals surface area contributed by atoms with Crippen molar-refractivity contribution in [3.63, 3.8) is 0 Å². The SMILES string of the molecule is CC(C)C[C@H](NC(=O)OC(C)(C)C)[C@@H](O)C[C@@H](C)C(=O)N[C@@H](C)C(=O)NCc1ccccc1. The summed E-state index contributed by atoms with van der Waals surface area (Å²) in [6.45, 7) is 13.0. The molecule has 0 aliphatic rings. The van der Waals surface area contributed by atoms with Crippen molar-refractivity contribution in [2.75, 3.05) is 0 Å². The van der Waals surface area contributed by atoms with Crippen molar-refractivity contribution in [3.05, 3.63) is 35.9 Å². The van der Waals surface area contributed by atoms with E-state index in [1.807, 2.05) is 44.2 Å². The van der Waals surface area contributed by atoms with Gasteiger partial charge in [-0.1, -0.05) is 51.1 Å². The van der Waals surface area contributed by atoms with Crippen LogP contribution in [0.2, 0.25) is 0 Å². The summed E-state index contributed by atoms with van der Waals surface area (Å²) in [5.74, 6) is -0.960. The fraction of sp³-hybridized carbons (Fsp3) is 0.640. The van der Waals surface area contributed by atoms with E-state index in [2.05, 4.69) is 16.0 Å². The van der Waals surface area contributed by atoms with Crippen molar-refractivity contribution in [1.29, 1.82) is 0 Å². The van der Waals surface area contributed by atoms with Crippen LogP contribution in [0.25, 0.3) is 0 Å². The molecule has 1 aromatic carbocycles. The van der Waals surface area contributed by atoms with E-state index in [-0.39, 0.29) is 24.2 Å². The lowest BCUT2D eigenvalue weighted by molar-refractivity contribution is -0.131. The van der Waals surface area contributed by atoms with Crippen LogP contribution < -0.4 is 16.0 Å². The number of hydrogen-bond acceptors (Lipinski definition) is 5. The molecule has 0 saturated heterocycles. The first-order valence-corrected chi connectivity index (χ1v) is 11.6. The summed E-state index contributed by atoms with van der Waals surface area (Å²) in [5, 5.41) is 19.0. The summed E-state index contributed by atoms with van der Waals surface area (Å²) in [6, 6.07) is 8.23. The molecular weight excluding hydrogens is 422 g/mol. The van der Waals surface area contributed by atoms with Crippen LogP contribution in [0.5, 0.6) is 0 Å². The number of aliphatic hydroxyl groups excluding tert-OH is 1. The molecule has 0 aromatic heterocycles. The third-order valence-electron chi connectivity index (χ3n) is 5.00. The Balaban J connectivity index is 2.59. The fourth-order valence-electron chi connectivity index (χ4n) is 3.27. The monoisotopic (exact) mass is 463 g/mol. The lowest BCUT2D eigenvalue weighted by Crippen LogP contribution is -2.49. The van der Waals surface area contributed by atoms with Gasteiger partial charge in [0.05, 0.1) is 12.1 Å². The molecule has 0 aliphatic heterocycles. The highest BCUT2D eigenvalue weighted by molar-refractivity contribution is 5.88. The Morgan fingerprint density at radius 3 is 2.09 bits per heavy atom. The van der Waals surface area contributed by atoms with E-state index in [1.165, 1.54) is 0 Å². The van der Waals surface area contributed by atoms with Crippen molar-refractivity contribution >= 4 is 17.9 Å². The zero-order valence-corrected chi connectivity index (χ0v) is 21.0.